The van der Waals surface area contributed by atoms with Gasteiger partial charge in [-0.05, 0) is 59.7 Å². The second kappa shape index (κ2) is 46.6. The Kier molecular flexibility index (Phi) is 44.2. The fourth-order valence-corrected chi connectivity index (χ4v) is 6.96. The maximum atomic E-state index is 12.4. The van der Waals surface area contributed by atoms with Gasteiger partial charge in [-0.25, -0.2) is 14.8 Å². The third-order valence-corrected chi connectivity index (χ3v) is 11.2. The molecule has 488 valence electrons. The monoisotopic (exact) mass is 1260 g/mol. The molecule has 0 aromatic heterocycles. The lowest BCUT2D eigenvalue weighted by Gasteiger charge is -2.20. The van der Waals surface area contributed by atoms with E-state index in [0.717, 1.165) is 60.2 Å². The van der Waals surface area contributed by atoms with Gasteiger partial charge in [0, 0.05) is 120 Å². The van der Waals surface area contributed by atoms with Crippen molar-refractivity contribution in [2.75, 3.05) is 86.1 Å². The highest BCUT2D eigenvalue weighted by molar-refractivity contribution is 6.13. The SMILES string of the molecule is C.C.CCN=C=NCCCN(C)C.Cl.NC(=O)CNC(=O)CNCC(CCC(=O)O)NC(=O)CCCN1C(=O)C=CC1=O.NC(=O)CNC(=O)CNCC(CCC(=O)ON1C(=O)CCC1=O)NC(=O)CCCN1C(=O)C=CC1=O.O=C1CCC(=O)N1O. The molecular formula is C52H84ClN15O19. The number of halogens is 1. The highest BCUT2D eigenvalue weighted by Crippen LogP contribution is 2.14. The summed E-state index contributed by atoms with van der Waals surface area (Å²) in [4.78, 5) is 198. The minimum absolute atomic E-state index is 0. The minimum atomic E-state index is -1.03. The van der Waals surface area contributed by atoms with Crippen LogP contribution in [0.1, 0.15) is 105 Å². The molecule has 2 unspecified atom stereocenters. The summed E-state index contributed by atoms with van der Waals surface area (Å²) in [5.74, 6) is -9.05. The summed E-state index contributed by atoms with van der Waals surface area (Å²) in [5.41, 5.74) is 9.87. The molecule has 34 nitrogen and oxygen atoms in total. The Morgan fingerprint density at radius 2 is 1.01 bits per heavy atom. The first-order chi connectivity index (χ1) is 39.7. The molecule has 2 saturated heterocycles. The first-order valence-corrected chi connectivity index (χ1v) is 26.5. The normalized spacial score (nSPS) is 14.3. The molecule has 4 rings (SSSR count). The third kappa shape index (κ3) is 38.1. The number of nitrogens with zero attached hydrogens (tertiary/aromatic N) is 7. The number of carbonyl (C=O) groups excluding carboxylic acids is 15. The molecule has 0 aromatic rings. The lowest BCUT2D eigenvalue weighted by Crippen LogP contribution is -2.46. The van der Waals surface area contributed by atoms with Crippen molar-refractivity contribution in [3.8, 4) is 0 Å². The van der Waals surface area contributed by atoms with Crippen molar-refractivity contribution >= 4 is 113 Å². The van der Waals surface area contributed by atoms with Crippen molar-refractivity contribution in [1.29, 1.82) is 0 Å². The number of aliphatic carboxylic acids is 1. The highest BCUT2D eigenvalue weighted by atomic mass is 35.5. The number of hydrogen-bond donors (Lipinski definition) is 10. The van der Waals surface area contributed by atoms with E-state index < -0.39 is 101 Å². The van der Waals surface area contributed by atoms with Gasteiger partial charge in [0.25, 0.3) is 47.3 Å². The van der Waals surface area contributed by atoms with E-state index in [0.29, 0.717) is 5.06 Å². The molecule has 0 spiro atoms. The lowest BCUT2D eigenvalue weighted by atomic mass is 10.1. The van der Waals surface area contributed by atoms with Crippen LogP contribution in [0.2, 0.25) is 0 Å². The Hall–Kier alpha value is -8.69. The zero-order chi connectivity index (χ0) is 63.1. The summed E-state index contributed by atoms with van der Waals surface area (Å²) in [6, 6.07) is 1.44. The molecule has 12 N–H and O–H groups in total. The van der Waals surface area contributed by atoms with Crippen LogP contribution in [0.25, 0.3) is 0 Å². The number of hydrogen-bond acceptors (Lipinski definition) is 23. The van der Waals surface area contributed by atoms with E-state index in [1.165, 1.54) is 0 Å². The molecule has 0 radical (unpaired) electrons. The summed E-state index contributed by atoms with van der Waals surface area (Å²) >= 11 is 0. The average molecular weight is 1260 g/mol. The van der Waals surface area contributed by atoms with Gasteiger partial charge in [0.15, 0.2) is 0 Å². The van der Waals surface area contributed by atoms with Gasteiger partial charge in [-0.2, -0.15) is 5.06 Å². The van der Waals surface area contributed by atoms with Crippen LogP contribution in [0.15, 0.2) is 34.3 Å². The Bertz CT molecular complexity index is 2450. The average Bonchev–Trinajstić information content (AvgIpc) is 3.70. The molecule has 0 aliphatic carbocycles. The first kappa shape index (κ1) is 82.5. The summed E-state index contributed by atoms with van der Waals surface area (Å²) in [5, 5.41) is 33.3. The molecule has 35 heteroatoms. The number of carbonyl (C=O) groups is 16. The van der Waals surface area contributed by atoms with Crippen LogP contribution in [0, 0.1) is 0 Å². The summed E-state index contributed by atoms with van der Waals surface area (Å²) < 4.78 is 0. The maximum Gasteiger partial charge on any atom is 0.333 e. The molecular weight excluding hydrogens is 1170 g/mol. The molecule has 2 fully saturated rings. The van der Waals surface area contributed by atoms with Gasteiger partial charge < -0.3 is 58.2 Å². The van der Waals surface area contributed by atoms with Crippen LogP contribution in [0.3, 0.4) is 0 Å². The summed E-state index contributed by atoms with van der Waals surface area (Å²) in [6.45, 7) is 4.05. The van der Waals surface area contributed by atoms with Crippen molar-refractivity contribution in [3.63, 3.8) is 0 Å². The van der Waals surface area contributed by atoms with Crippen molar-refractivity contribution in [2.45, 2.75) is 117 Å². The Morgan fingerprint density at radius 3 is 1.37 bits per heavy atom. The summed E-state index contributed by atoms with van der Waals surface area (Å²) in [7, 11) is 4.12. The first-order valence-electron chi connectivity index (χ1n) is 26.5. The van der Waals surface area contributed by atoms with E-state index in [9.17, 15) is 76.7 Å². The lowest BCUT2D eigenvalue weighted by molar-refractivity contribution is -0.197. The predicted octanol–water partition coefficient (Wildman–Crippen LogP) is -3.66. The molecule has 0 aromatic carbocycles. The zero-order valence-corrected chi connectivity index (χ0v) is 48.3. The number of carboxylic acids is 1. The second-order valence-electron chi connectivity index (χ2n) is 18.5. The zero-order valence-electron chi connectivity index (χ0n) is 47.5. The number of rotatable bonds is 34. The van der Waals surface area contributed by atoms with Crippen LogP contribution < -0.4 is 43.4 Å². The number of nitrogens with one attached hydrogen (secondary N) is 6. The standard InChI is InChI=1S/C21H28N6O9.C17H25N5O7.C8H17N3.C4H5NO3.2CH4.ClH/c22-14(28)11-24-16(30)12-23-10-13(3-8-21(35)36-27-19(33)6-7-20(27)34)25-15(29)2-1-9-26-17(31)4-5-18(26)32;18-12(23)9-20-14(25)10-19-8-11(3-6-17(28)29)21-13(24)2-1-7-22-15(26)4-5-16(22)27;1-4-9-8-10-6-5-7-11(2)3;6-3-1-2-4(7)5(3)8;;;/h4-5,13,23H,1-3,6-12H2,(H2,22,28)(H,24,30)(H,25,29);4-5,11,19H,1-3,6-10H2,(H2,18,23)(H,20,25)(H,21,24)(H,28,29);4-7H2,1-3H3;8H,1-2H2;2*1H4;1H. The van der Waals surface area contributed by atoms with Crippen molar-refractivity contribution in [2.24, 2.45) is 21.5 Å². The van der Waals surface area contributed by atoms with E-state index >= 15 is 0 Å². The number of hydroxylamine groups is 4. The number of imide groups is 4. The molecule has 0 bridgehead atoms. The van der Waals surface area contributed by atoms with Crippen LogP contribution in [-0.2, 0) is 81.6 Å². The predicted molar refractivity (Wildman–Crippen MR) is 310 cm³/mol. The van der Waals surface area contributed by atoms with E-state index in [-0.39, 0.29) is 168 Å². The van der Waals surface area contributed by atoms with Gasteiger partial charge in [0.2, 0.25) is 35.4 Å². The number of carboxylic acid groups (broad SMARTS) is 1. The smallest absolute Gasteiger partial charge is 0.333 e. The minimum Gasteiger partial charge on any atom is -0.481 e. The van der Waals surface area contributed by atoms with Gasteiger partial charge in [0.05, 0.1) is 38.7 Å². The van der Waals surface area contributed by atoms with Gasteiger partial charge in [-0.15, -0.1) is 17.5 Å². The van der Waals surface area contributed by atoms with E-state index in [1.54, 1.807) is 0 Å². The Balaban J connectivity index is -0.00000123. The van der Waals surface area contributed by atoms with Gasteiger partial charge >= 0.3 is 11.9 Å². The van der Waals surface area contributed by atoms with Crippen LogP contribution in [0.4, 0.5) is 0 Å². The fraction of sp³-hybridized carbons (Fsp3) is 0.596. The van der Waals surface area contributed by atoms with E-state index in [1.807, 2.05) is 6.92 Å². The fourth-order valence-electron chi connectivity index (χ4n) is 6.96. The second-order valence-corrected chi connectivity index (χ2v) is 18.5. The Labute approximate surface area is 509 Å². The van der Waals surface area contributed by atoms with Crippen LogP contribution in [-0.4, -0.2) is 234 Å². The molecule has 14 amide bonds. The molecule has 4 aliphatic heterocycles. The van der Waals surface area contributed by atoms with Crippen molar-refractivity contribution in [1.82, 2.24) is 56.7 Å². The van der Waals surface area contributed by atoms with E-state index in [2.05, 4.69) is 66.9 Å². The topological polar surface area (TPSA) is 488 Å². The van der Waals surface area contributed by atoms with Gasteiger partial charge in [0.1, 0.15) is 0 Å². The Morgan fingerprint density at radius 1 is 0.609 bits per heavy atom. The van der Waals surface area contributed by atoms with Crippen molar-refractivity contribution < 1.29 is 91.9 Å². The summed E-state index contributed by atoms with van der Waals surface area (Å²) in [6.07, 6.45) is 6.16. The molecule has 4 aliphatic rings. The van der Waals surface area contributed by atoms with E-state index in [4.69, 9.17) is 26.6 Å². The number of aliphatic imine (C=N–C) groups is 2. The van der Waals surface area contributed by atoms with Crippen LogP contribution in [0.5, 0.6) is 0 Å². The largest absolute Gasteiger partial charge is 0.481 e. The maximum absolute atomic E-state index is 12.4. The quantitative estimate of drug-likeness (QED) is 0.0128. The number of primary amides is 2. The van der Waals surface area contributed by atoms with Crippen LogP contribution >= 0.6 is 12.4 Å². The van der Waals surface area contributed by atoms with Gasteiger partial charge in [-0.1, -0.05) is 14.9 Å². The molecule has 0 saturated carbocycles. The van der Waals surface area contributed by atoms with Gasteiger partial charge in [-0.3, -0.25) is 86.9 Å². The number of nitrogens with two attached hydrogens (primary N) is 2. The number of amides is 14. The van der Waals surface area contributed by atoms with Crippen molar-refractivity contribution in [3.05, 3.63) is 24.3 Å². The third-order valence-electron chi connectivity index (χ3n) is 11.2. The molecule has 2 atom stereocenters. The molecule has 87 heavy (non-hydrogen) atoms. The highest BCUT2D eigenvalue weighted by Gasteiger charge is 2.33. The molecule has 4 heterocycles.